The van der Waals surface area contributed by atoms with Crippen LogP contribution in [0.2, 0.25) is 0 Å². The van der Waals surface area contributed by atoms with Crippen molar-refractivity contribution >= 4 is 28.5 Å². The minimum atomic E-state index is -2.29. The molecule has 8 heteroatoms. The lowest BCUT2D eigenvalue weighted by Crippen LogP contribution is -2.28. The standard InChI is InChI=1S/C9H5F5INO/c10-4-3(9(17)16-2-1-15)5(11)7(13)8(14)6(4)12/h1-2H2,(H,16,17). The van der Waals surface area contributed by atoms with E-state index in [2.05, 4.69) is 0 Å². The van der Waals surface area contributed by atoms with Crippen LogP contribution in [0.15, 0.2) is 0 Å². The number of benzene rings is 1. The molecular formula is C9H5F5INO. The SMILES string of the molecule is O=C(NCCI)c1c(F)c(F)c(F)c(F)c1F. The van der Waals surface area contributed by atoms with Crippen molar-refractivity contribution in [2.45, 2.75) is 0 Å². The second-order valence-electron chi connectivity index (χ2n) is 2.89. The summed E-state index contributed by atoms with van der Waals surface area (Å²) >= 11 is 1.87. The van der Waals surface area contributed by atoms with Crippen LogP contribution in [0.4, 0.5) is 22.0 Å². The van der Waals surface area contributed by atoms with Gasteiger partial charge in [-0.2, -0.15) is 0 Å². The highest BCUT2D eigenvalue weighted by atomic mass is 127. The van der Waals surface area contributed by atoms with E-state index in [9.17, 15) is 26.7 Å². The normalized spacial score (nSPS) is 10.5. The first-order valence-corrected chi connectivity index (χ1v) is 5.80. The van der Waals surface area contributed by atoms with Crippen molar-refractivity contribution in [3.63, 3.8) is 0 Å². The van der Waals surface area contributed by atoms with Crippen molar-refractivity contribution in [2.75, 3.05) is 11.0 Å². The van der Waals surface area contributed by atoms with Gasteiger partial charge in [-0.25, -0.2) is 22.0 Å². The molecule has 0 atom stereocenters. The van der Waals surface area contributed by atoms with E-state index in [-0.39, 0.29) is 6.54 Å². The van der Waals surface area contributed by atoms with Gasteiger partial charge in [-0.05, 0) is 0 Å². The zero-order valence-corrected chi connectivity index (χ0v) is 10.2. The van der Waals surface area contributed by atoms with Crippen molar-refractivity contribution in [1.82, 2.24) is 5.32 Å². The van der Waals surface area contributed by atoms with Crippen LogP contribution in [0.5, 0.6) is 0 Å². The number of nitrogens with one attached hydrogen (secondary N) is 1. The maximum atomic E-state index is 13.1. The zero-order valence-electron chi connectivity index (χ0n) is 8.09. The summed E-state index contributed by atoms with van der Waals surface area (Å²) in [5.41, 5.74) is -1.47. The van der Waals surface area contributed by atoms with Gasteiger partial charge in [0.05, 0.1) is 0 Å². The van der Waals surface area contributed by atoms with Crippen LogP contribution in [0, 0.1) is 29.1 Å². The minimum Gasteiger partial charge on any atom is -0.351 e. The fourth-order valence-electron chi connectivity index (χ4n) is 1.05. The Kier molecular flexibility index (Phi) is 4.66. The first kappa shape index (κ1) is 14.1. The average molecular weight is 365 g/mol. The number of alkyl halides is 1. The summed E-state index contributed by atoms with van der Waals surface area (Å²) in [6.45, 7) is 0.0545. The predicted molar refractivity (Wildman–Crippen MR) is 57.5 cm³/mol. The molecule has 0 heterocycles. The second kappa shape index (κ2) is 5.61. The summed E-state index contributed by atoms with van der Waals surface area (Å²) in [5.74, 6) is -12.2. The maximum Gasteiger partial charge on any atom is 0.257 e. The van der Waals surface area contributed by atoms with Gasteiger partial charge in [0, 0.05) is 11.0 Å². The zero-order chi connectivity index (χ0) is 13.2. The fourth-order valence-corrected chi connectivity index (χ4v) is 1.32. The number of carbonyl (C=O) groups is 1. The number of rotatable bonds is 3. The highest BCUT2D eigenvalue weighted by Gasteiger charge is 2.29. The molecule has 0 saturated carbocycles. The second-order valence-corrected chi connectivity index (χ2v) is 3.97. The lowest BCUT2D eigenvalue weighted by atomic mass is 10.1. The molecule has 1 aromatic carbocycles. The van der Waals surface area contributed by atoms with E-state index in [1.165, 1.54) is 0 Å². The molecule has 1 N–H and O–H groups in total. The molecule has 94 valence electrons. The molecule has 0 fully saturated rings. The highest BCUT2D eigenvalue weighted by molar-refractivity contribution is 14.1. The molecule has 0 aliphatic rings. The number of amides is 1. The molecule has 0 bridgehead atoms. The fraction of sp³-hybridized carbons (Fsp3) is 0.222. The Hall–Kier alpha value is -0.930. The van der Waals surface area contributed by atoms with Gasteiger partial charge in [-0.15, -0.1) is 0 Å². The molecule has 0 spiro atoms. The van der Waals surface area contributed by atoms with Crippen LogP contribution in [0.3, 0.4) is 0 Å². The Morgan fingerprint density at radius 1 is 0.941 bits per heavy atom. The number of hydrogen-bond acceptors (Lipinski definition) is 1. The van der Waals surface area contributed by atoms with Crippen LogP contribution < -0.4 is 5.32 Å². The summed E-state index contributed by atoms with van der Waals surface area (Å²) in [4.78, 5) is 11.2. The van der Waals surface area contributed by atoms with Gasteiger partial charge in [-0.3, -0.25) is 4.79 Å². The van der Waals surface area contributed by atoms with Crippen molar-refractivity contribution in [1.29, 1.82) is 0 Å². The molecule has 0 aromatic heterocycles. The Bertz CT molecular complexity index is 436. The molecule has 0 saturated heterocycles. The molecule has 1 rings (SSSR count). The summed E-state index contributed by atoms with van der Waals surface area (Å²) in [6, 6.07) is 0. The van der Waals surface area contributed by atoms with E-state index in [0.29, 0.717) is 4.43 Å². The summed E-state index contributed by atoms with van der Waals surface area (Å²) in [5, 5.41) is 2.02. The monoisotopic (exact) mass is 365 g/mol. The van der Waals surface area contributed by atoms with Gasteiger partial charge in [0.1, 0.15) is 5.56 Å². The Labute approximate surface area is 106 Å². The molecule has 1 amide bonds. The van der Waals surface area contributed by atoms with Crippen LogP contribution in [0.25, 0.3) is 0 Å². The summed E-state index contributed by atoms with van der Waals surface area (Å²) in [7, 11) is 0. The van der Waals surface area contributed by atoms with Gasteiger partial charge < -0.3 is 5.32 Å². The lowest BCUT2D eigenvalue weighted by Gasteiger charge is -2.07. The third-order valence-corrected chi connectivity index (χ3v) is 2.36. The highest BCUT2D eigenvalue weighted by Crippen LogP contribution is 2.22. The topological polar surface area (TPSA) is 29.1 Å². The van der Waals surface area contributed by atoms with Crippen molar-refractivity contribution < 1.29 is 26.7 Å². The molecule has 0 aliphatic carbocycles. The van der Waals surface area contributed by atoms with E-state index >= 15 is 0 Å². The number of halogens is 6. The predicted octanol–water partition coefficient (Wildman–Crippen LogP) is 2.55. The molecule has 17 heavy (non-hydrogen) atoms. The third kappa shape index (κ3) is 2.67. The van der Waals surface area contributed by atoms with Gasteiger partial charge in [-0.1, -0.05) is 22.6 Å². The molecule has 1 aromatic rings. The van der Waals surface area contributed by atoms with Crippen molar-refractivity contribution in [3.05, 3.63) is 34.6 Å². The molecular weight excluding hydrogens is 360 g/mol. The Morgan fingerprint density at radius 3 is 1.76 bits per heavy atom. The molecule has 0 aliphatic heterocycles. The van der Waals surface area contributed by atoms with Gasteiger partial charge in [0.15, 0.2) is 23.3 Å². The quantitative estimate of drug-likeness (QED) is 0.288. The first-order chi connectivity index (χ1) is 7.91. The molecule has 2 nitrogen and oxygen atoms in total. The van der Waals surface area contributed by atoms with E-state index in [4.69, 9.17) is 0 Å². The van der Waals surface area contributed by atoms with Crippen LogP contribution in [-0.2, 0) is 0 Å². The molecule has 0 unspecified atom stereocenters. The average Bonchev–Trinajstić information content (AvgIpc) is 2.31. The van der Waals surface area contributed by atoms with Crippen molar-refractivity contribution in [2.24, 2.45) is 0 Å². The van der Waals surface area contributed by atoms with E-state index in [1.807, 2.05) is 27.9 Å². The lowest BCUT2D eigenvalue weighted by molar-refractivity contribution is 0.0944. The van der Waals surface area contributed by atoms with Gasteiger partial charge in [0.25, 0.3) is 5.91 Å². The Balaban J connectivity index is 3.29. The first-order valence-electron chi connectivity index (χ1n) is 4.27. The van der Waals surface area contributed by atoms with Crippen LogP contribution in [-0.4, -0.2) is 16.9 Å². The summed E-state index contributed by atoms with van der Waals surface area (Å²) in [6.07, 6.45) is 0. The third-order valence-electron chi connectivity index (χ3n) is 1.82. The van der Waals surface area contributed by atoms with E-state index < -0.39 is 40.6 Å². The van der Waals surface area contributed by atoms with Gasteiger partial charge in [0.2, 0.25) is 5.82 Å². The van der Waals surface area contributed by atoms with E-state index in [1.54, 1.807) is 0 Å². The largest absolute Gasteiger partial charge is 0.351 e. The molecule has 0 radical (unpaired) electrons. The van der Waals surface area contributed by atoms with E-state index in [0.717, 1.165) is 0 Å². The van der Waals surface area contributed by atoms with Crippen molar-refractivity contribution in [3.8, 4) is 0 Å². The Morgan fingerprint density at radius 2 is 1.35 bits per heavy atom. The minimum absolute atomic E-state index is 0.0545. The smallest absolute Gasteiger partial charge is 0.257 e. The summed E-state index contributed by atoms with van der Waals surface area (Å²) < 4.78 is 64.8. The number of carbonyl (C=O) groups excluding carboxylic acids is 1. The maximum absolute atomic E-state index is 13.1. The van der Waals surface area contributed by atoms with Crippen LogP contribution >= 0.6 is 22.6 Å². The van der Waals surface area contributed by atoms with Crippen LogP contribution in [0.1, 0.15) is 10.4 Å². The van der Waals surface area contributed by atoms with Gasteiger partial charge >= 0.3 is 0 Å². The number of hydrogen-bond donors (Lipinski definition) is 1.